The Morgan fingerprint density at radius 3 is 1.92 bits per heavy atom. The second kappa shape index (κ2) is 9.25. The maximum atomic E-state index is 9.01. The molecule has 0 saturated carbocycles. The predicted octanol–water partition coefficient (Wildman–Crippen LogP) is 5.52. The maximum Gasteiger partial charge on any atom is 0.175 e. The van der Waals surface area contributed by atoms with E-state index in [0.717, 1.165) is 20.3 Å². The number of hydrogen-bond donors (Lipinski definition) is 0. The maximum absolute atomic E-state index is 9.01. The summed E-state index contributed by atoms with van der Waals surface area (Å²) in [6.45, 7) is 0.921. The Morgan fingerprint density at radius 1 is 0.769 bits per heavy atom. The molecule has 26 heavy (non-hydrogen) atoms. The second-order valence-electron chi connectivity index (χ2n) is 5.79. The van der Waals surface area contributed by atoms with E-state index in [2.05, 4.69) is 28.7 Å². The first-order valence-electron chi connectivity index (χ1n) is 8.29. The summed E-state index contributed by atoms with van der Waals surface area (Å²) in [5.41, 5.74) is 3.10. The lowest BCUT2D eigenvalue weighted by Gasteiger charge is -2.16. The number of rotatable bonds is 7. The molecule has 3 rings (SSSR count). The topological polar surface area (TPSA) is 42.2 Å². The van der Waals surface area contributed by atoms with E-state index in [0.29, 0.717) is 31.1 Å². The molecule has 4 heteroatoms. The summed E-state index contributed by atoms with van der Waals surface area (Å²) in [6, 6.07) is 26.1. The Bertz CT molecular complexity index is 889. The standard InChI is InChI=1S/C22H18INO2/c23-20-13-19(11-12-24)14-21(25-15-17-7-3-1-4-8-17)22(20)26-16-18-9-5-2-6-10-18/h1-10,13-14H,11,15-16H2. The van der Waals surface area contributed by atoms with Gasteiger partial charge in [-0.25, -0.2) is 0 Å². The zero-order valence-corrected chi connectivity index (χ0v) is 16.3. The summed E-state index contributed by atoms with van der Waals surface area (Å²) >= 11 is 2.23. The summed E-state index contributed by atoms with van der Waals surface area (Å²) in [5, 5.41) is 9.01. The van der Waals surface area contributed by atoms with E-state index in [1.165, 1.54) is 0 Å². The fraction of sp³-hybridized carbons (Fsp3) is 0.136. The van der Waals surface area contributed by atoms with Crippen molar-refractivity contribution in [2.24, 2.45) is 0 Å². The second-order valence-corrected chi connectivity index (χ2v) is 6.95. The quantitative estimate of drug-likeness (QED) is 0.441. The fourth-order valence-electron chi connectivity index (χ4n) is 2.53. The zero-order chi connectivity index (χ0) is 18.2. The number of nitrogens with zero attached hydrogens (tertiary/aromatic N) is 1. The van der Waals surface area contributed by atoms with Crippen LogP contribution in [0, 0.1) is 14.9 Å². The number of nitriles is 1. The minimum absolute atomic E-state index is 0.344. The van der Waals surface area contributed by atoms with Gasteiger partial charge < -0.3 is 9.47 Å². The zero-order valence-electron chi connectivity index (χ0n) is 14.2. The van der Waals surface area contributed by atoms with Crippen LogP contribution in [-0.2, 0) is 19.6 Å². The molecule has 3 aromatic carbocycles. The van der Waals surface area contributed by atoms with E-state index in [4.69, 9.17) is 14.7 Å². The third kappa shape index (κ3) is 4.99. The summed E-state index contributed by atoms with van der Waals surface area (Å²) in [7, 11) is 0. The van der Waals surface area contributed by atoms with E-state index < -0.39 is 0 Å². The molecule has 0 aliphatic rings. The van der Waals surface area contributed by atoms with Gasteiger partial charge in [0.2, 0.25) is 0 Å². The lowest BCUT2D eigenvalue weighted by molar-refractivity contribution is 0.254. The van der Waals surface area contributed by atoms with Crippen LogP contribution < -0.4 is 9.47 Å². The number of ether oxygens (including phenoxy) is 2. The van der Waals surface area contributed by atoms with Gasteiger partial charge in [-0.2, -0.15) is 5.26 Å². The van der Waals surface area contributed by atoms with Crippen molar-refractivity contribution < 1.29 is 9.47 Å². The van der Waals surface area contributed by atoms with Crippen molar-refractivity contribution in [3.05, 3.63) is 93.1 Å². The van der Waals surface area contributed by atoms with Gasteiger partial charge in [0.05, 0.1) is 16.1 Å². The molecule has 0 radical (unpaired) electrons. The van der Waals surface area contributed by atoms with Gasteiger partial charge in [-0.15, -0.1) is 0 Å². The smallest absolute Gasteiger partial charge is 0.175 e. The average molecular weight is 455 g/mol. The molecule has 0 aromatic heterocycles. The van der Waals surface area contributed by atoms with E-state index in [1.54, 1.807) is 0 Å². The first-order valence-corrected chi connectivity index (χ1v) is 9.37. The van der Waals surface area contributed by atoms with Crippen molar-refractivity contribution in [3.8, 4) is 17.6 Å². The van der Waals surface area contributed by atoms with Crippen LogP contribution in [0.5, 0.6) is 11.5 Å². The van der Waals surface area contributed by atoms with Gasteiger partial charge in [-0.1, -0.05) is 60.7 Å². The van der Waals surface area contributed by atoms with Gasteiger partial charge in [-0.05, 0) is 51.4 Å². The molecule has 0 aliphatic carbocycles. The highest BCUT2D eigenvalue weighted by molar-refractivity contribution is 14.1. The van der Waals surface area contributed by atoms with Crippen LogP contribution in [0.3, 0.4) is 0 Å². The van der Waals surface area contributed by atoms with Crippen LogP contribution in [0.15, 0.2) is 72.8 Å². The molecule has 130 valence electrons. The molecular formula is C22H18INO2. The van der Waals surface area contributed by atoms with E-state index in [9.17, 15) is 0 Å². The van der Waals surface area contributed by atoms with Crippen molar-refractivity contribution in [1.29, 1.82) is 5.26 Å². The molecule has 0 saturated heterocycles. The average Bonchev–Trinajstić information content (AvgIpc) is 2.67. The van der Waals surface area contributed by atoms with Crippen LogP contribution in [0.25, 0.3) is 0 Å². The van der Waals surface area contributed by atoms with Gasteiger partial charge in [-0.3, -0.25) is 0 Å². The predicted molar refractivity (Wildman–Crippen MR) is 110 cm³/mol. The number of benzene rings is 3. The van der Waals surface area contributed by atoms with Crippen molar-refractivity contribution in [2.75, 3.05) is 0 Å². The Labute approximate surface area is 167 Å². The van der Waals surface area contributed by atoms with Gasteiger partial charge in [0, 0.05) is 0 Å². The third-order valence-corrected chi connectivity index (χ3v) is 4.62. The highest BCUT2D eigenvalue weighted by Gasteiger charge is 2.13. The number of hydrogen-bond acceptors (Lipinski definition) is 3. The third-order valence-electron chi connectivity index (χ3n) is 3.82. The highest BCUT2D eigenvalue weighted by atomic mass is 127. The van der Waals surface area contributed by atoms with Crippen LogP contribution >= 0.6 is 22.6 Å². The van der Waals surface area contributed by atoms with Crippen LogP contribution in [0.1, 0.15) is 16.7 Å². The molecule has 3 nitrogen and oxygen atoms in total. The summed E-state index contributed by atoms with van der Waals surface area (Å²) < 4.78 is 13.0. The molecule has 0 atom stereocenters. The van der Waals surface area contributed by atoms with E-state index in [1.807, 2.05) is 72.8 Å². The molecular weight excluding hydrogens is 437 g/mol. The first-order chi connectivity index (χ1) is 12.8. The van der Waals surface area contributed by atoms with Crippen LogP contribution in [-0.4, -0.2) is 0 Å². The summed E-state index contributed by atoms with van der Waals surface area (Å²) in [4.78, 5) is 0. The first kappa shape index (κ1) is 18.3. The molecule has 0 fully saturated rings. The summed E-state index contributed by atoms with van der Waals surface area (Å²) in [5.74, 6) is 1.38. The van der Waals surface area contributed by atoms with Crippen molar-refractivity contribution in [2.45, 2.75) is 19.6 Å². The minimum Gasteiger partial charge on any atom is -0.485 e. The van der Waals surface area contributed by atoms with Crippen molar-refractivity contribution in [3.63, 3.8) is 0 Å². The van der Waals surface area contributed by atoms with Crippen LogP contribution in [0.2, 0.25) is 0 Å². The monoisotopic (exact) mass is 455 g/mol. The Balaban J connectivity index is 1.82. The SMILES string of the molecule is N#CCc1cc(I)c(OCc2ccccc2)c(OCc2ccccc2)c1. The largest absolute Gasteiger partial charge is 0.485 e. The molecule has 0 unspecified atom stereocenters. The van der Waals surface area contributed by atoms with E-state index in [-0.39, 0.29) is 0 Å². The van der Waals surface area contributed by atoms with Gasteiger partial charge in [0.15, 0.2) is 11.5 Å². The molecule has 0 amide bonds. The Hall–Kier alpha value is -2.52. The van der Waals surface area contributed by atoms with Gasteiger partial charge >= 0.3 is 0 Å². The van der Waals surface area contributed by atoms with Gasteiger partial charge in [0.25, 0.3) is 0 Å². The van der Waals surface area contributed by atoms with Gasteiger partial charge in [0.1, 0.15) is 13.2 Å². The van der Waals surface area contributed by atoms with Crippen molar-refractivity contribution in [1.82, 2.24) is 0 Å². The molecule has 0 aliphatic heterocycles. The van der Waals surface area contributed by atoms with Crippen molar-refractivity contribution >= 4 is 22.6 Å². The lowest BCUT2D eigenvalue weighted by Crippen LogP contribution is -2.03. The molecule has 0 N–H and O–H groups in total. The summed E-state index contributed by atoms with van der Waals surface area (Å²) in [6.07, 6.45) is 0.344. The molecule has 0 spiro atoms. The van der Waals surface area contributed by atoms with Crippen LogP contribution in [0.4, 0.5) is 0 Å². The highest BCUT2D eigenvalue weighted by Crippen LogP contribution is 2.35. The fourth-order valence-corrected chi connectivity index (χ4v) is 3.35. The normalized spacial score (nSPS) is 10.2. The van der Waals surface area contributed by atoms with E-state index >= 15 is 0 Å². The number of halogens is 1. The molecule has 0 heterocycles. The molecule has 3 aromatic rings. The minimum atomic E-state index is 0.344. The Kier molecular flexibility index (Phi) is 6.50. The lowest BCUT2D eigenvalue weighted by atomic mass is 10.1. The molecule has 0 bridgehead atoms. The Morgan fingerprint density at radius 2 is 1.35 bits per heavy atom.